The highest BCUT2D eigenvalue weighted by molar-refractivity contribution is 6.18. The molecule has 1 amide bonds. The summed E-state index contributed by atoms with van der Waals surface area (Å²) in [6.45, 7) is 5.20. The Balaban J connectivity index is 1.11. The number of hydrogen-bond acceptors (Lipinski definition) is 6. The smallest absolute Gasteiger partial charge is 0.279 e. The molecule has 0 saturated heterocycles. The normalized spacial score (nSPS) is 14.8. The van der Waals surface area contributed by atoms with Crippen LogP contribution in [0, 0.1) is 13.8 Å². The van der Waals surface area contributed by atoms with E-state index in [4.69, 9.17) is 10.7 Å². The van der Waals surface area contributed by atoms with Gasteiger partial charge in [0.25, 0.3) is 5.91 Å². The number of rotatable bonds is 6. The highest BCUT2D eigenvalue weighted by Gasteiger charge is 2.35. The zero-order valence-electron chi connectivity index (χ0n) is 20.8. The van der Waals surface area contributed by atoms with Crippen LogP contribution >= 0.6 is 0 Å². The lowest BCUT2D eigenvalue weighted by Gasteiger charge is -2.34. The number of fused-ring (bicyclic) bond motifs is 3. The maximum Gasteiger partial charge on any atom is 0.279 e. The first-order valence-electron chi connectivity index (χ1n) is 12.6. The number of imidazole rings is 1. The van der Waals surface area contributed by atoms with E-state index in [9.17, 15) is 4.79 Å². The van der Waals surface area contributed by atoms with Gasteiger partial charge in [-0.1, -0.05) is 6.07 Å². The van der Waals surface area contributed by atoms with E-state index in [-0.39, 0.29) is 5.91 Å². The molecular weight excluding hydrogens is 462 g/mol. The highest BCUT2D eigenvalue weighted by atomic mass is 16.2. The topological polar surface area (TPSA) is 101 Å². The van der Waals surface area contributed by atoms with Crippen molar-refractivity contribution >= 4 is 39.5 Å². The maximum atomic E-state index is 12.9. The molecule has 8 heteroatoms. The van der Waals surface area contributed by atoms with E-state index < -0.39 is 0 Å². The predicted octanol–water partition coefficient (Wildman–Crippen LogP) is 5.13. The molecule has 184 valence electrons. The van der Waals surface area contributed by atoms with Crippen LogP contribution in [0.5, 0.6) is 0 Å². The Hall–Kier alpha value is -4.46. The van der Waals surface area contributed by atoms with Crippen molar-refractivity contribution in [1.29, 1.82) is 0 Å². The zero-order chi connectivity index (χ0) is 25.3. The second-order valence-electron chi connectivity index (χ2n) is 10.2. The van der Waals surface area contributed by atoms with Gasteiger partial charge >= 0.3 is 0 Å². The average Bonchev–Trinajstić information content (AvgIpc) is 3.67. The summed E-state index contributed by atoms with van der Waals surface area (Å²) in [6.07, 6.45) is 10.3. The summed E-state index contributed by atoms with van der Waals surface area (Å²) in [6, 6.07) is 10.3. The molecule has 1 saturated carbocycles. The van der Waals surface area contributed by atoms with E-state index in [0.29, 0.717) is 30.5 Å². The molecule has 2 aliphatic rings. The van der Waals surface area contributed by atoms with Crippen molar-refractivity contribution in [3.05, 3.63) is 88.8 Å². The van der Waals surface area contributed by atoms with E-state index in [1.165, 1.54) is 18.4 Å². The van der Waals surface area contributed by atoms with Crippen molar-refractivity contribution in [2.24, 2.45) is 0 Å². The molecular formula is C29H27N7O. The van der Waals surface area contributed by atoms with E-state index in [0.717, 1.165) is 50.2 Å². The molecule has 1 fully saturated rings. The van der Waals surface area contributed by atoms with Gasteiger partial charge in [0.1, 0.15) is 11.5 Å². The molecule has 1 aliphatic carbocycles. The van der Waals surface area contributed by atoms with Crippen LogP contribution in [0.2, 0.25) is 0 Å². The van der Waals surface area contributed by atoms with Crippen molar-refractivity contribution < 1.29 is 4.79 Å². The molecule has 0 bridgehead atoms. The number of aromatic nitrogens is 4. The molecule has 0 unspecified atom stereocenters. The Kier molecular flexibility index (Phi) is 4.73. The van der Waals surface area contributed by atoms with Crippen LogP contribution in [0.4, 0.5) is 17.2 Å². The van der Waals surface area contributed by atoms with Gasteiger partial charge < -0.3 is 20.4 Å². The largest absolute Gasteiger partial charge is 0.383 e. The minimum absolute atomic E-state index is 0.0542. The van der Waals surface area contributed by atoms with Crippen LogP contribution in [0.3, 0.4) is 0 Å². The van der Waals surface area contributed by atoms with Crippen LogP contribution in [0.1, 0.15) is 57.2 Å². The Labute approximate surface area is 214 Å². The second kappa shape index (κ2) is 8.03. The van der Waals surface area contributed by atoms with Gasteiger partial charge in [-0.3, -0.25) is 4.79 Å². The summed E-state index contributed by atoms with van der Waals surface area (Å²) in [7, 11) is 0. The fraction of sp³-hybridized carbons (Fsp3) is 0.241. The Morgan fingerprint density at radius 2 is 1.95 bits per heavy atom. The molecule has 7 rings (SSSR count). The molecule has 5 aromatic rings. The van der Waals surface area contributed by atoms with Crippen LogP contribution in [-0.2, 0) is 13.1 Å². The molecule has 8 nitrogen and oxygen atoms in total. The number of carbonyl (C=O) groups is 1. The van der Waals surface area contributed by atoms with Gasteiger partial charge in [0.2, 0.25) is 0 Å². The molecule has 3 N–H and O–H groups in total. The quantitative estimate of drug-likeness (QED) is 0.343. The Bertz CT molecular complexity index is 1730. The van der Waals surface area contributed by atoms with Crippen molar-refractivity contribution in [2.75, 3.05) is 16.0 Å². The number of nitrogen functional groups attached to an aromatic ring is 1. The molecule has 4 aromatic heterocycles. The number of benzene rings is 1. The number of amides is 1. The van der Waals surface area contributed by atoms with Gasteiger partial charge in [-0.15, -0.1) is 0 Å². The molecule has 1 aliphatic heterocycles. The highest BCUT2D eigenvalue weighted by Crippen LogP contribution is 2.40. The maximum absolute atomic E-state index is 12.9. The predicted molar refractivity (Wildman–Crippen MR) is 145 cm³/mol. The lowest BCUT2D eigenvalue weighted by Crippen LogP contribution is -2.41. The second-order valence-corrected chi connectivity index (χ2v) is 10.2. The third kappa shape index (κ3) is 3.59. The zero-order valence-corrected chi connectivity index (χ0v) is 20.8. The number of nitrogens with one attached hydrogen (secondary N) is 1. The minimum atomic E-state index is -0.0542. The van der Waals surface area contributed by atoms with Crippen molar-refractivity contribution in [3.63, 3.8) is 0 Å². The summed E-state index contributed by atoms with van der Waals surface area (Å²) in [4.78, 5) is 28.1. The van der Waals surface area contributed by atoms with Gasteiger partial charge in [-0.2, -0.15) is 0 Å². The van der Waals surface area contributed by atoms with Gasteiger partial charge in [0.15, 0.2) is 5.69 Å². The monoisotopic (exact) mass is 489 g/mol. The van der Waals surface area contributed by atoms with Crippen LogP contribution in [0.25, 0.3) is 16.4 Å². The van der Waals surface area contributed by atoms with Gasteiger partial charge in [-0.25, -0.2) is 15.0 Å². The van der Waals surface area contributed by atoms with E-state index >= 15 is 0 Å². The minimum Gasteiger partial charge on any atom is -0.383 e. The summed E-state index contributed by atoms with van der Waals surface area (Å²) >= 11 is 0. The number of nitrogens with two attached hydrogens (primary N) is 1. The summed E-state index contributed by atoms with van der Waals surface area (Å²) < 4.78 is 2.11. The Morgan fingerprint density at radius 1 is 1.08 bits per heavy atom. The molecule has 0 atom stereocenters. The van der Waals surface area contributed by atoms with Crippen LogP contribution in [0.15, 0.2) is 55.1 Å². The van der Waals surface area contributed by atoms with Crippen LogP contribution in [-0.4, -0.2) is 25.3 Å². The first kappa shape index (κ1) is 21.8. The molecule has 5 heterocycles. The van der Waals surface area contributed by atoms with E-state index in [2.05, 4.69) is 64.1 Å². The van der Waals surface area contributed by atoms with E-state index in [1.807, 2.05) is 12.1 Å². The summed E-state index contributed by atoms with van der Waals surface area (Å²) in [5, 5.41) is 5.44. The van der Waals surface area contributed by atoms with Crippen molar-refractivity contribution in [1.82, 2.24) is 19.4 Å². The summed E-state index contributed by atoms with van der Waals surface area (Å²) in [5.41, 5.74) is 14.9. The van der Waals surface area contributed by atoms with Gasteiger partial charge in [0, 0.05) is 24.0 Å². The molecule has 0 radical (unpaired) electrons. The fourth-order valence-corrected chi connectivity index (χ4v) is 5.39. The standard InChI is InChI=1S/C29H27N7O/c1-16-9-23-22(7-8-31-28(23)30)17(2)24(16)15-36-25-10-20(11-33-27(25)29(36)37)32-12-21-14-35-13-19(18-3-4-18)5-6-26(35)34-21/h5-11,13-14,18,32H,3-4,12,15H2,1-2H3,(H2,30,31). The number of carbonyl (C=O) groups excluding carboxylic acids is 1. The lowest BCUT2D eigenvalue weighted by molar-refractivity contribution is 0.0958. The average molecular weight is 490 g/mol. The third-order valence-electron chi connectivity index (χ3n) is 7.68. The van der Waals surface area contributed by atoms with E-state index in [1.54, 1.807) is 17.3 Å². The number of anilines is 3. The molecule has 37 heavy (non-hydrogen) atoms. The molecule has 1 aromatic carbocycles. The van der Waals surface area contributed by atoms with Crippen LogP contribution < -0.4 is 16.0 Å². The van der Waals surface area contributed by atoms with Gasteiger partial charge in [0.05, 0.1) is 36.4 Å². The number of aryl methyl sites for hydroxylation is 2. The fourth-order valence-electron chi connectivity index (χ4n) is 5.39. The number of hydrogen-bond donors (Lipinski definition) is 2. The lowest BCUT2D eigenvalue weighted by atomic mass is 9.94. The number of nitrogens with zero attached hydrogens (tertiary/aromatic N) is 5. The third-order valence-corrected chi connectivity index (χ3v) is 7.68. The van der Waals surface area contributed by atoms with Crippen molar-refractivity contribution in [3.8, 4) is 0 Å². The molecule has 0 spiro atoms. The Morgan fingerprint density at radius 3 is 2.78 bits per heavy atom. The summed E-state index contributed by atoms with van der Waals surface area (Å²) in [5.74, 6) is 1.18. The first-order valence-corrected chi connectivity index (χ1v) is 12.6. The SMILES string of the molecule is Cc1cc2c(N)nccc2c(C)c1CN1C(=O)c2ncc(NCc3cn4cc(C5CC5)ccc4n3)cc21. The number of pyridine rings is 3. The first-order chi connectivity index (χ1) is 18.0. The van der Waals surface area contributed by atoms with Crippen molar-refractivity contribution in [2.45, 2.75) is 45.7 Å². The van der Waals surface area contributed by atoms with Gasteiger partial charge in [-0.05, 0) is 84.5 Å².